The van der Waals surface area contributed by atoms with E-state index in [1.807, 2.05) is 12.1 Å². The van der Waals surface area contributed by atoms with Crippen molar-refractivity contribution in [1.82, 2.24) is 4.90 Å². The number of nitrogens with one attached hydrogen (secondary N) is 1. The lowest BCUT2D eigenvalue weighted by atomic mass is 9.99. The van der Waals surface area contributed by atoms with Gasteiger partial charge in [0.25, 0.3) is 0 Å². The molecule has 0 aromatic heterocycles. The van der Waals surface area contributed by atoms with Crippen LogP contribution in [0, 0.1) is 0 Å². The molecule has 27 heavy (non-hydrogen) atoms. The Labute approximate surface area is 164 Å². The highest BCUT2D eigenvalue weighted by Crippen LogP contribution is 2.33. The van der Waals surface area contributed by atoms with Gasteiger partial charge in [0, 0.05) is 18.1 Å². The van der Waals surface area contributed by atoms with Crippen molar-refractivity contribution in [3.8, 4) is 17.2 Å². The molecule has 0 bridgehead atoms. The number of anilines is 1. The second-order valence-electron chi connectivity index (χ2n) is 6.33. The third-order valence-electron chi connectivity index (χ3n) is 4.60. The molecule has 1 aliphatic heterocycles. The number of halogens is 1. The molecule has 3 rings (SSSR count). The number of hydrogen-bond acceptors (Lipinski definition) is 5. The second kappa shape index (κ2) is 8.50. The van der Waals surface area contributed by atoms with Crippen molar-refractivity contribution < 1.29 is 19.0 Å². The summed E-state index contributed by atoms with van der Waals surface area (Å²) in [5.74, 6) is 1.90. The number of amides is 1. The smallest absolute Gasteiger partial charge is 0.238 e. The molecule has 1 N–H and O–H groups in total. The lowest BCUT2D eigenvalue weighted by Gasteiger charge is -2.29. The van der Waals surface area contributed by atoms with Crippen molar-refractivity contribution in [1.29, 1.82) is 0 Å². The number of ether oxygens (including phenoxy) is 3. The third kappa shape index (κ3) is 4.46. The molecule has 2 aromatic carbocycles. The average molecular weight is 391 g/mol. The van der Waals surface area contributed by atoms with Crippen LogP contribution in [0.2, 0.25) is 5.02 Å². The Hall–Kier alpha value is -2.44. The van der Waals surface area contributed by atoms with Crippen LogP contribution in [-0.4, -0.2) is 45.2 Å². The number of nitrogens with zero attached hydrogens (tertiary/aromatic N) is 1. The molecule has 6 nitrogen and oxygen atoms in total. The van der Waals surface area contributed by atoms with Crippen molar-refractivity contribution in [3.63, 3.8) is 0 Å². The first-order chi connectivity index (χ1) is 13.0. The maximum atomic E-state index is 12.5. The van der Waals surface area contributed by atoms with Crippen LogP contribution in [0.25, 0.3) is 0 Å². The van der Waals surface area contributed by atoms with E-state index in [0.717, 1.165) is 24.3 Å². The van der Waals surface area contributed by atoms with E-state index in [1.54, 1.807) is 39.5 Å². The molecule has 0 spiro atoms. The Morgan fingerprint density at radius 2 is 1.70 bits per heavy atom. The Balaban J connectivity index is 1.68. The zero-order valence-electron chi connectivity index (χ0n) is 15.7. The monoisotopic (exact) mass is 390 g/mol. The van der Waals surface area contributed by atoms with E-state index in [4.69, 9.17) is 25.8 Å². The molecule has 0 fully saturated rings. The zero-order valence-corrected chi connectivity index (χ0v) is 16.4. The topological polar surface area (TPSA) is 60.0 Å². The van der Waals surface area contributed by atoms with Gasteiger partial charge >= 0.3 is 0 Å². The number of fused-ring (bicyclic) bond motifs is 1. The molecule has 0 saturated carbocycles. The lowest BCUT2D eigenvalue weighted by Crippen LogP contribution is -2.37. The van der Waals surface area contributed by atoms with Gasteiger partial charge in [0.05, 0.1) is 33.6 Å². The predicted molar refractivity (Wildman–Crippen MR) is 105 cm³/mol. The third-order valence-corrected chi connectivity index (χ3v) is 4.84. The summed E-state index contributed by atoms with van der Waals surface area (Å²) in [6, 6.07) is 9.13. The standard InChI is InChI=1S/C20H23ClN2O4/c1-25-17-5-4-15(21)10-16(17)22-20(24)12-23-7-6-13-8-18(26-2)19(27-3)9-14(13)11-23/h4-5,8-10H,6-7,11-12H2,1-3H3,(H,22,24). The minimum absolute atomic E-state index is 0.112. The second-order valence-corrected chi connectivity index (χ2v) is 6.77. The van der Waals surface area contributed by atoms with Crippen molar-refractivity contribution >= 4 is 23.2 Å². The van der Waals surface area contributed by atoms with Gasteiger partial charge in [0.2, 0.25) is 5.91 Å². The average Bonchev–Trinajstić information content (AvgIpc) is 2.66. The van der Waals surface area contributed by atoms with Gasteiger partial charge in [-0.2, -0.15) is 0 Å². The summed E-state index contributed by atoms with van der Waals surface area (Å²) in [5.41, 5.74) is 2.94. The van der Waals surface area contributed by atoms with E-state index in [1.165, 1.54) is 5.56 Å². The molecule has 1 aliphatic rings. The first-order valence-electron chi connectivity index (χ1n) is 8.63. The van der Waals surface area contributed by atoms with Crippen molar-refractivity contribution in [3.05, 3.63) is 46.5 Å². The van der Waals surface area contributed by atoms with Gasteiger partial charge < -0.3 is 19.5 Å². The lowest BCUT2D eigenvalue weighted by molar-refractivity contribution is -0.117. The van der Waals surface area contributed by atoms with Gasteiger partial charge in [-0.05, 0) is 47.9 Å². The highest BCUT2D eigenvalue weighted by Gasteiger charge is 2.21. The maximum absolute atomic E-state index is 12.5. The van der Waals surface area contributed by atoms with Gasteiger partial charge in [-0.1, -0.05) is 11.6 Å². The molecule has 0 aliphatic carbocycles. The first-order valence-corrected chi connectivity index (χ1v) is 9.01. The number of carbonyl (C=O) groups excluding carboxylic acids is 1. The van der Waals surface area contributed by atoms with Crippen molar-refractivity contribution in [2.24, 2.45) is 0 Å². The van der Waals surface area contributed by atoms with Crippen molar-refractivity contribution in [2.45, 2.75) is 13.0 Å². The van der Waals surface area contributed by atoms with E-state index in [-0.39, 0.29) is 12.5 Å². The van der Waals surface area contributed by atoms with Gasteiger partial charge in [-0.15, -0.1) is 0 Å². The van der Waals surface area contributed by atoms with Crippen LogP contribution in [0.15, 0.2) is 30.3 Å². The van der Waals surface area contributed by atoms with E-state index in [2.05, 4.69) is 10.2 Å². The molecule has 0 unspecified atom stereocenters. The molecule has 144 valence electrons. The van der Waals surface area contributed by atoms with Crippen LogP contribution in [0.4, 0.5) is 5.69 Å². The zero-order chi connectivity index (χ0) is 19.4. The number of carbonyl (C=O) groups is 1. The van der Waals surface area contributed by atoms with Crippen LogP contribution in [0.1, 0.15) is 11.1 Å². The first kappa shape index (κ1) is 19.3. The van der Waals surface area contributed by atoms with Crippen LogP contribution in [0.3, 0.4) is 0 Å². The van der Waals surface area contributed by atoms with Crippen LogP contribution >= 0.6 is 11.6 Å². The molecule has 1 heterocycles. The summed E-state index contributed by atoms with van der Waals surface area (Å²) in [6.45, 7) is 1.75. The molecule has 2 aromatic rings. The fourth-order valence-electron chi connectivity index (χ4n) is 3.25. The summed E-state index contributed by atoms with van der Waals surface area (Å²) >= 11 is 6.02. The fraction of sp³-hybridized carbons (Fsp3) is 0.350. The van der Waals surface area contributed by atoms with Crippen LogP contribution in [-0.2, 0) is 17.8 Å². The SMILES string of the molecule is COc1ccc(Cl)cc1NC(=O)CN1CCc2cc(OC)c(OC)cc2C1. The van der Waals surface area contributed by atoms with Crippen molar-refractivity contribution in [2.75, 3.05) is 39.7 Å². The number of benzene rings is 2. The minimum Gasteiger partial charge on any atom is -0.495 e. The highest BCUT2D eigenvalue weighted by molar-refractivity contribution is 6.31. The Bertz CT molecular complexity index is 841. The van der Waals surface area contributed by atoms with Gasteiger partial charge in [0.1, 0.15) is 5.75 Å². The summed E-state index contributed by atoms with van der Waals surface area (Å²) in [5, 5.41) is 3.42. The predicted octanol–water partition coefficient (Wildman–Crippen LogP) is 3.36. The molecule has 7 heteroatoms. The molecular formula is C20H23ClN2O4. The van der Waals surface area contributed by atoms with E-state index >= 15 is 0 Å². The maximum Gasteiger partial charge on any atom is 0.238 e. The normalized spacial score (nSPS) is 13.6. The Morgan fingerprint density at radius 3 is 2.37 bits per heavy atom. The number of methoxy groups -OCH3 is 3. The number of rotatable bonds is 6. The molecular weight excluding hydrogens is 368 g/mol. The Kier molecular flexibility index (Phi) is 6.08. The quantitative estimate of drug-likeness (QED) is 0.819. The minimum atomic E-state index is -0.112. The molecule has 0 atom stereocenters. The van der Waals surface area contributed by atoms with Gasteiger partial charge in [-0.3, -0.25) is 9.69 Å². The van der Waals surface area contributed by atoms with E-state index in [0.29, 0.717) is 28.8 Å². The van der Waals surface area contributed by atoms with E-state index < -0.39 is 0 Å². The van der Waals surface area contributed by atoms with Gasteiger partial charge in [-0.25, -0.2) is 0 Å². The van der Waals surface area contributed by atoms with Gasteiger partial charge in [0.15, 0.2) is 11.5 Å². The largest absolute Gasteiger partial charge is 0.495 e. The molecule has 0 saturated heterocycles. The fourth-order valence-corrected chi connectivity index (χ4v) is 3.42. The highest BCUT2D eigenvalue weighted by atomic mass is 35.5. The summed E-state index contributed by atoms with van der Waals surface area (Å²) in [6.07, 6.45) is 0.851. The number of hydrogen-bond donors (Lipinski definition) is 1. The van der Waals surface area contributed by atoms with Crippen LogP contribution < -0.4 is 19.5 Å². The van der Waals surface area contributed by atoms with E-state index in [9.17, 15) is 4.79 Å². The Morgan fingerprint density at radius 1 is 1.04 bits per heavy atom. The summed E-state index contributed by atoms with van der Waals surface area (Å²) in [7, 11) is 4.81. The molecule has 0 radical (unpaired) electrons. The van der Waals surface area contributed by atoms with Crippen LogP contribution in [0.5, 0.6) is 17.2 Å². The molecule has 1 amide bonds. The summed E-state index contributed by atoms with van der Waals surface area (Å²) in [4.78, 5) is 14.6. The summed E-state index contributed by atoms with van der Waals surface area (Å²) < 4.78 is 16.0.